The van der Waals surface area contributed by atoms with E-state index < -0.39 is 0 Å². The summed E-state index contributed by atoms with van der Waals surface area (Å²) in [5.74, 6) is -0.414. The maximum Gasteiger partial charge on any atom is 0.257 e. The van der Waals surface area contributed by atoms with Crippen LogP contribution in [-0.4, -0.2) is 16.8 Å². The van der Waals surface area contributed by atoms with Gasteiger partial charge in [-0.3, -0.25) is 14.6 Å². The molecule has 3 rings (SSSR count). The molecule has 0 aliphatic carbocycles. The van der Waals surface area contributed by atoms with Gasteiger partial charge < -0.3 is 10.6 Å². The minimum Gasteiger partial charge on any atom is -0.348 e. The van der Waals surface area contributed by atoms with Crippen LogP contribution >= 0.6 is 0 Å². The molecule has 0 saturated carbocycles. The number of benzene rings is 1. The number of nitrogens with one attached hydrogen (secondary N) is 2. The number of fused-ring (bicyclic) bond motifs is 1. The van der Waals surface area contributed by atoms with Crippen LogP contribution in [0.5, 0.6) is 0 Å². The van der Waals surface area contributed by atoms with Crippen molar-refractivity contribution >= 4 is 17.5 Å². The Morgan fingerprint density at radius 2 is 2.15 bits per heavy atom. The Balaban J connectivity index is 1.94. The number of aromatic nitrogens is 1. The Morgan fingerprint density at radius 3 is 2.95 bits per heavy atom. The third kappa shape index (κ3) is 2.03. The van der Waals surface area contributed by atoms with Gasteiger partial charge in [-0.25, -0.2) is 0 Å². The molecule has 0 saturated heterocycles. The van der Waals surface area contributed by atoms with E-state index in [4.69, 9.17) is 0 Å². The Morgan fingerprint density at radius 1 is 1.30 bits per heavy atom. The molecule has 0 fully saturated rings. The second-order valence-electron chi connectivity index (χ2n) is 4.61. The van der Waals surface area contributed by atoms with Crippen molar-refractivity contribution < 1.29 is 9.59 Å². The highest BCUT2D eigenvalue weighted by molar-refractivity contribution is 6.10. The van der Waals surface area contributed by atoms with Gasteiger partial charge in [-0.1, -0.05) is 12.1 Å². The number of aryl methyl sites for hydroxylation is 1. The van der Waals surface area contributed by atoms with Crippen molar-refractivity contribution in [2.75, 3.05) is 5.32 Å². The van der Waals surface area contributed by atoms with Gasteiger partial charge in [-0.05, 0) is 30.7 Å². The molecular weight excluding hydrogens is 254 g/mol. The van der Waals surface area contributed by atoms with Crippen LogP contribution in [0, 0.1) is 6.92 Å². The summed E-state index contributed by atoms with van der Waals surface area (Å²) in [6, 6.07) is 8.85. The van der Waals surface area contributed by atoms with E-state index in [1.54, 1.807) is 31.3 Å². The zero-order valence-electron chi connectivity index (χ0n) is 10.9. The lowest BCUT2D eigenvalue weighted by Crippen LogP contribution is -2.18. The van der Waals surface area contributed by atoms with Crippen molar-refractivity contribution in [2.45, 2.75) is 13.5 Å². The van der Waals surface area contributed by atoms with Gasteiger partial charge in [0.15, 0.2) is 0 Å². The van der Waals surface area contributed by atoms with E-state index in [0.717, 1.165) is 5.56 Å². The first kappa shape index (κ1) is 12.3. The fourth-order valence-electron chi connectivity index (χ4n) is 2.30. The van der Waals surface area contributed by atoms with E-state index in [1.165, 1.54) is 0 Å². The molecule has 0 unspecified atom stereocenters. The highest BCUT2D eigenvalue weighted by Crippen LogP contribution is 2.24. The first-order valence-electron chi connectivity index (χ1n) is 6.30. The summed E-state index contributed by atoms with van der Waals surface area (Å²) < 4.78 is 0. The average Bonchev–Trinajstić information content (AvgIpc) is 2.82. The quantitative estimate of drug-likeness (QED) is 0.872. The first-order chi connectivity index (χ1) is 9.66. The van der Waals surface area contributed by atoms with Crippen LogP contribution in [-0.2, 0) is 6.54 Å². The Bertz CT molecular complexity index is 710. The summed E-state index contributed by atoms with van der Waals surface area (Å²) >= 11 is 0. The van der Waals surface area contributed by atoms with Crippen LogP contribution in [0.4, 0.5) is 5.69 Å². The van der Waals surface area contributed by atoms with E-state index in [0.29, 0.717) is 29.1 Å². The fraction of sp³-hybridized carbons (Fsp3) is 0.133. The largest absolute Gasteiger partial charge is 0.348 e. The molecule has 2 heterocycles. The summed E-state index contributed by atoms with van der Waals surface area (Å²) in [6.45, 7) is 2.28. The minimum atomic E-state index is -0.260. The molecule has 1 aromatic heterocycles. The van der Waals surface area contributed by atoms with Crippen molar-refractivity contribution in [1.82, 2.24) is 10.3 Å². The Kier molecular flexibility index (Phi) is 2.95. The number of carbonyl (C=O) groups excluding carboxylic acids is 2. The van der Waals surface area contributed by atoms with Crippen LogP contribution in [0.25, 0.3) is 0 Å². The molecule has 0 radical (unpaired) electrons. The third-order valence-corrected chi connectivity index (χ3v) is 3.32. The van der Waals surface area contributed by atoms with Gasteiger partial charge in [-0.2, -0.15) is 0 Å². The number of nitrogens with zero attached hydrogens (tertiary/aromatic N) is 1. The van der Waals surface area contributed by atoms with Crippen LogP contribution in [0.2, 0.25) is 0 Å². The topological polar surface area (TPSA) is 71.1 Å². The zero-order valence-corrected chi connectivity index (χ0v) is 10.9. The number of rotatable bonds is 2. The molecule has 100 valence electrons. The van der Waals surface area contributed by atoms with E-state index >= 15 is 0 Å². The van der Waals surface area contributed by atoms with Gasteiger partial charge in [0.1, 0.15) is 0 Å². The van der Waals surface area contributed by atoms with E-state index in [2.05, 4.69) is 15.6 Å². The number of anilines is 1. The minimum absolute atomic E-state index is 0.154. The normalized spacial score (nSPS) is 12.8. The molecule has 2 aromatic rings. The molecule has 0 bridgehead atoms. The predicted octanol–water partition coefficient (Wildman–Crippen LogP) is 1.89. The van der Waals surface area contributed by atoms with Gasteiger partial charge in [0.25, 0.3) is 11.8 Å². The molecule has 1 aromatic carbocycles. The smallest absolute Gasteiger partial charge is 0.257 e. The fourth-order valence-corrected chi connectivity index (χ4v) is 2.30. The van der Waals surface area contributed by atoms with E-state index in [1.807, 2.05) is 12.1 Å². The molecule has 1 aliphatic rings. The van der Waals surface area contributed by atoms with Crippen molar-refractivity contribution in [3.8, 4) is 0 Å². The lowest BCUT2D eigenvalue weighted by molar-refractivity contribution is 0.0966. The van der Waals surface area contributed by atoms with Gasteiger partial charge in [0, 0.05) is 18.4 Å². The number of carbonyl (C=O) groups is 2. The third-order valence-electron chi connectivity index (χ3n) is 3.32. The summed E-state index contributed by atoms with van der Waals surface area (Å²) in [7, 11) is 0. The number of hydrogen-bond donors (Lipinski definition) is 2. The summed E-state index contributed by atoms with van der Waals surface area (Å²) in [5.41, 5.74) is 3.13. The molecule has 5 nitrogen and oxygen atoms in total. The van der Waals surface area contributed by atoms with Crippen LogP contribution in [0.1, 0.15) is 32.0 Å². The molecular formula is C15H13N3O2. The highest BCUT2D eigenvalue weighted by Gasteiger charge is 2.23. The molecule has 0 atom stereocenters. The zero-order chi connectivity index (χ0) is 14.1. The average molecular weight is 267 g/mol. The van der Waals surface area contributed by atoms with Gasteiger partial charge in [0.2, 0.25) is 0 Å². The Hall–Kier alpha value is -2.69. The maximum absolute atomic E-state index is 12.3. The van der Waals surface area contributed by atoms with Crippen LogP contribution in [0.3, 0.4) is 0 Å². The summed E-state index contributed by atoms with van der Waals surface area (Å²) in [4.78, 5) is 28.1. The summed E-state index contributed by atoms with van der Waals surface area (Å²) in [5, 5.41) is 5.54. The number of pyridine rings is 1. The van der Waals surface area contributed by atoms with Crippen molar-refractivity contribution in [3.63, 3.8) is 0 Å². The SMILES string of the molecule is Cc1ncccc1C(=O)Nc1cccc2c1C(=O)NC2. The van der Waals surface area contributed by atoms with Gasteiger partial charge >= 0.3 is 0 Å². The molecule has 0 spiro atoms. The molecule has 1 aliphatic heterocycles. The van der Waals surface area contributed by atoms with Crippen molar-refractivity contribution in [3.05, 3.63) is 58.9 Å². The second kappa shape index (κ2) is 4.77. The van der Waals surface area contributed by atoms with Crippen molar-refractivity contribution in [1.29, 1.82) is 0 Å². The van der Waals surface area contributed by atoms with Gasteiger partial charge in [0.05, 0.1) is 16.8 Å². The monoisotopic (exact) mass is 267 g/mol. The van der Waals surface area contributed by atoms with Gasteiger partial charge in [-0.15, -0.1) is 0 Å². The van der Waals surface area contributed by atoms with Crippen LogP contribution < -0.4 is 10.6 Å². The standard InChI is InChI=1S/C15H13N3O2/c1-9-11(5-3-7-16-9)14(19)18-12-6-2-4-10-8-17-15(20)13(10)12/h2-7H,8H2,1H3,(H,17,20)(H,18,19). The highest BCUT2D eigenvalue weighted by atomic mass is 16.2. The molecule has 2 N–H and O–H groups in total. The first-order valence-corrected chi connectivity index (χ1v) is 6.30. The molecule has 5 heteroatoms. The second-order valence-corrected chi connectivity index (χ2v) is 4.61. The summed E-state index contributed by atoms with van der Waals surface area (Å²) in [6.07, 6.45) is 1.64. The maximum atomic E-state index is 12.3. The lowest BCUT2D eigenvalue weighted by Gasteiger charge is -2.09. The number of hydrogen-bond acceptors (Lipinski definition) is 3. The van der Waals surface area contributed by atoms with Crippen molar-refractivity contribution in [2.24, 2.45) is 0 Å². The van der Waals surface area contributed by atoms with Crippen LogP contribution in [0.15, 0.2) is 36.5 Å². The molecule has 20 heavy (non-hydrogen) atoms. The molecule has 2 amide bonds. The Labute approximate surface area is 116 Å². The predicted molar refractivity (Wildman–Crippen MR) is 74.5 cm³/mol. The van der Waals surface area contributed by atoms with E-state index in [-0.39, 0.29) is 11.8 Å². The number of amides is 2. The van der Waals surface area contributed by atoms with E-state index in [9.17, 15) is 9.59 Å². The lowest BCUT2D eigenvalue weighted by atomic mass is 10.1.